The molecule has 0 aliphatic heterocycles. The number of ether oxygens (including phenoxy) is 2. The molecule has 3 rings (SSSR count). The highest BCUT2D eigenvalue weighted by Gasteiger charge is 2.28. The van der Waals surface area contributed by atoms with Gasteiger partial charge in [0.05, 0.1) is 24.2 Å². The van der Waals surface area contributed by atoms with Crippen LogP contribution in [0.4, 0.5) is 0 Å². The van der Waals surface area contributed by atoms with Gasteiger partial charge in [0.25, 0.3) is 0 Å². The van der Waals surface area contributed by atoms with Crippen molar-refractivity contribution in [3.05, 3.63) is 69.3 Å². The van der Waals surface area contributed by atoms with Crippen molar-refractivity contribution in [2.75, 3.05) is 13.2 Å². The number of aromatic amines is 1. The zero-order chi connectivity index (χ0) is 21.0. The lowest BCUT2D eigenvalue weighted by molar-refractivity contribution is -0.144. The maximum absolute atomic E-state index is 12.7. The zero-order valence-electron chi connectivity index (χ0n) is 16.1. The molecule has 1 unspecified atom stereocenters. The topological polar surface area (TPSA) is 68.4 Å². The van der Waals surface area contributed by atoms with Crippen LogP contribution < -0.4 is 0 Å². The number of esters is 2. The van der Waals surface area contributed by atoms with Crippen LogP contribution >= 0.6 is 23.2 Å². The fraction of sp³-hybridized carbons (Fsp3) is 0.273. The molecule has 1 atom stereocenters. The van der Waals surface area contributed by atoms with Crippen molar-refractivity contribution < 1.29 is 19.1 Å². The average Bonchev–Trinajstić information content (AvgIpc) is 3.05. The summed E-state index contributed by atoms with van der Waals surface area (Å²) in [5, 5.41) is 1.48. The summed E-state index contributed by atoms with van der Waals surface area (Å²) in [4.78, 5) is 28.4. The number of hydrogen-bond donors (Lipinski definition) is 1. The Labute approximate surface area is 178 Å². The minimum absolute atomic E-state index is 0.221. The van der Waals surface area contributed by atoms with Gasteiger partial charge in [0.1, 0.15) is 5.69 Å². The van der Waals surface area contributed by atoms with Crippen molar-refractivity contribution in [1.82, 2.24) is 4.98 Å². The zero-order valence-corrected chi connectivity index (χ0v) is 17.6. The third-order valence-electron chi connectivity index (χ3n) is 4.58. The Bertz CT molecular complexity index is 1030. The molecule has 29 heavy (non-hydrogen) atoms. The van der Waals surface area contributed by atoms with Gasteiger partial charge in [0.2, 0.25) is 0 Å². The summed E-state index contributed by atoms with van der Waals surface area (Å²) in [7, 11) is 0. The second-order valence-corrected chi connectivity index (χ2v) is 7.27. The number of carbonyl (C=O) groups excluding carboxylic acids is 2. The fourth-order valence-electron chi connectivity index (χ4n) is 3.37. The molecular formula is C22H21Cl2NO4. The fourth-order valence-corrected chi connectivity index (χ4v) is 3.97. The minimum atomic E-state index is -0.602. The van der Waals surface area contributed by atoms with Crippen molar-refractivity contribution >= 4 is 46.0 Å². The van der Waals surface area contributed by atoms with Gasteiger partial charge in [-0.05, 0) is 43.5 Å². The van der Waals surface area contributed by atoms with E-state index in [-0.39, 0.29) is 31.3 Å². The van der Waals surface area contributed by atoms with Crippen LogP contribution in [0.2, 0.25) is 10.0 Å². The number of nitrogens with one attached hydrogen (secondary N) is 1. The van der Waals surface area contributed by atoms with Crippen LogP contribution in [-0.4, -0.2) is 30.1 Å². The summed E-state index contributed by atoms with van der Waals surface area (Å²) in [6.45, 7) is 3.98. The van der Waals surface area contributed by atoms with Gasteiger partial charge < -0.3 is 14.5 Å². The Morgan fingerprint density at radius 2 is 1.72 bits per heavy atom. The second kappa shape index (κ2) is 9.33. The van der Waals surface area contributed by atoms with Crippen LogP contribution in [0.5, 0.6) is 0 Å². The van der Waals surface area contributed by atoms with Gasteiger partial charge in [-0.3, -0.25) is 4.79 Å². The molecule has 1 N–H and O–H groups in total. The Morgan fingerprint density at radius 3 is 2.38 bits per heavy atom. The molecule has 7 heteroatoms. The number of benzene rings is 2. The number of hydrogen-bond acceptors (Lipinski definition) is 4. The highest BCUT2D eigenvalue weighted by atomic mass is 35.5. The van der Waals surface area contributed by atoms with E-state index in [1.54, 1.807) is 26.0 Å². The van der Waals surface area contributed by atoms with Gasteiger partial charge in [-0.1, -0.05) is 53.5 Å². The van der Waals surface area contributed by atoms with E-state index in [1.807, 2.05) is 30.3 Å². The number of aromatic nitrogens is 1. The molecule has 152 valence electrons. The van der Waals surface area contributed by atoms with Gasteiger partial charge in [-0.2, -0.15) is 0 Å². The molecular weight excluding hydrogens is 413 g/mol. The van der Waals surface area contributed by atoms with Crippen molar-refractivity contribution in [3.63, 3.8) is 0 Å². The number of fused-ring (bicyclic) bond motifs is 1. The molecule has 1 aromatic heterocycles. The molecule has 0 fully saturated rings. The Balaban J connectivity index is 2.16. The van der Waals surface area contributed by atoms with E-state index in [9.17, 15) is 9.59 Å². The first-order valence-electron chi connectivity index (χ1n) is 9.34. The lowest BCUT2D eigenvalue weighted by atomic mass is 9.90. The van der Waals surface area contributed by atoms with Gasteiger partial charge in [-0.25, -0.2) is 4.79 Å². The highest BCUT2D eigenvalue weighted by molar-refractivity contribution is 6.39. The molecule has 0 aliphatic rings. The lowest BCUT2D eigenvalue weighted by Crippen LogP contribution is -2.19. The summed E-state index contributed by atoms with van der Waals surface area (Å²) in [6.07, 6.45) is 0.221. The quantitative estimate of drug-likeness (QED) is 0.496. The Morgan fingerprint density at radius 1 is 1.03 bits per heavy atom. The van der Waals surface area contributed by atoms with Crippen molar-refractivity contribution in [2.24, 2.45) is 0 Å². The van der Waals surface area contributed by atoms with Crippen molar-refractivity contribution in [3.8, 4) is 0 Å². The predicted molar refractivity (Wildman–Crippen MR) is 114 cm³/mol. The van der Waals surface area contributed by atoms with Crippen molar-refractivity contribution in [1.29, 1.82) is 0 Å². The highest BCUT2D eigenvalue weighted by Crippen LogP contribution is 2.36. The molecule has 0 aliphatic carbocycles. The van der Waals surface area contributed by atoms with Gasteiger partial charge in [0.15, 0.2) is 0 Å². The van der Waals surface area contributed by atoms with E-state index in [4.69, 9.17) is 32.7 Å². The van der Waals surface area contributed by atoms with Crippen LogP contribution in [0.15, 0.2) is 42.5 Å². The summed E-state index contributed by atoms with van der Waals surface area (Å²) < 4.78 is 10.5. The van der Waals surface area contributed by atoms with Crippen LogP contribution in [0, 0.1) is 0 Å². The van der Waals surface area contributed by atoms with Crippen LogP contribution in [0.3, 0.4) is 0 Å². The smallest absolute Gasteiger partial charge is 0.355 e. The van der Waals surface area contributed by atoms with Crippen LogP contribution in [0.1, 0.15) is 41.4 Å². The summed E-state index contributed by atoms with van der Waals surface area (Å²) >= 11 is 12.6. The molecule has 0 radical (unpaired) electrons. The summed E-state index contributed by atoms with van der Waals surface area (Å²) in [5.41, 5.74) is 2.26. The number of carbonyl (C=O) groups is 2. The molecule has 5 nitrogen and oxygen atoms in total. The molecule has 0 saturated carbocycles. The first-order valence-corrected chi connectivity index (χ1v) is 10.1. The van der Waals surface area contributed by atoms with E-state index in [2.05, 4.69) is 4.98 Å². The summed E-state index contributed by atoms with van der Waals surface area (Å²) in [5.74, 6) is -1.48. The van der Waals surface area contributed by atoms with E-state index >= 15 is 0 Å². The van der Waals surface area contributed by atoms with Gasteiger partial charge in [-0.15, -0.1) is 0 Å². The SMILES string of the molecule is CCOC(=O)c1[nH]c2cc(Cl)cc(Cl)c2c1CC(C(=O)OCC)c1ccccc1. The maximum Gasteiger partial charge on any atom is 0.355 e. The first-order chi connectivity index (χ1) is 14.0. The predicted octanol–water partition coefficient (Wildman–Crippen LogP) is 5.54. The molecule has 0 bridgehead atoms. The maximum atomic E-state index is 12.7. The molecule has 0 saturated heterocycles. The molecule has 0 spiro atoms. The van der Waals surface area contributed by atoms with E-state index in [1.165, 1.54) is 0 Å². The Kier molecular flexibility index (Phi) is 6.83. The standard InChI is InChI=1S/C22H21Cl2NO4/c1-3-28-21(26)15(13-8-6-5-7-9-13)12-16-19-17(24)10-14(23)11-18(19)25-20(16)22(27)29-4-2/h5-11,15,25H,3-4,12H2,1-2H3. The first kappa shape index (κ1) is 21.2. The van der Waals surface area contributed by atoms with E-state index in [0.717, 1.165) is 5.56 Å². The third-order valence-corrected chi connectivity index (χ3v) is 5.10. The van der Waals surface area contributed by atoms with E-state index in [0.29, 0.717) is 26.5 Å². The van der Waals surface area contributed by atoms with Gasteiger partial charge in [0, 0.05) is 15.9 Å². The number of rotatable bonds is 7. The monoisotopic (exact) mass is 433 g/mol. The van der Waals surface area contributed by atoms with Crippen LogP contribution in [-0.2, 0) is 20.7 Å². The van der Waals surface area contributed by atoms with E-state index < -0.39 is 11.9 Å². The number of H-pyrrole nitrogens is 1. The average molecular weight is 434 g/mol. The minimum Gasteiger partial charge on any atom is -0.466 e. The molecule has 2 aromatic carbocycles. The largest absolute Gasteiger partial charge is 0.466 e. The van der Waals surface area contributed by atoms with Crippen molar-refractivity contribution in [2.45, 2.75) is 26.2 Å². The molecule has 1 heterocycles. The second-order valence-electron chi connectivity index (χ2n) is 6.43. The van der Waals surface area contributed by atoms with Crippen LogP contribution in [0.25, 0.3) is 10.9 Å². The van der Waals surface area contributed by atoms with Gasteiger partial charge >= 0.3 is 11.9 Å². The number of halogens is 2. The summed E-state index contributed by atoms with van der Waals surface area (Å²) in [6, 6.07) is 12.6. The molecule has 0 amide bonds. The Hall–Kier alpha value is -2.50. The normalized spacial score (nSPS) is 12.0. The molecule has 3 aromatic rings. The third kappa shape index (κ3) is 4.57. The lowest BCUT2D eigenvalue weighted by Gasteiger charge is -2.17.